The first-order chi connectivity index (χ1) is 6.99. The molecule has 4 nitrogen and oxygen atoms in total. The summed E-state index contributed by atoms with van der Waals surface area (Å²) in [4.78, 5) is 18.5. The molecule has 0 radical (unpaired) electrons. The molecule has 7 heteroatoms. The Hall–Kier alpha value is -1.30. The maximum atomic E-state index is 12.5. The Morgan fingerprint density at radius 1 is 1.60 bits per heavy atom. The van der Waals surface area contributed by atoms with Gasteiger partial charge in [-0.1, -0.05) is 11.6 Å². The highest BCUT2D eigenvalue weighted by atomic mass is 35.5. The van der Waals surface area contributed by atoms with Gasteiger partial charge in [-0.15, -0.1) is 0 Å². The summed E-state index contributed by atoms with van der Waals surface area (Å²) in [7, 11) is 0. The van der Waals surface area contributed by atoms with Crippen molar-refractivity contribution in [3.05, 3.63) is 17.5 Å². The lowest BCUT2D eigenvalue weighted by atomic mass is 10.4. The van der Waals surface area contributed by atoms with E-state index in [4.69, 9.17) is 11.6 Å². The zero-order valence-corrected chi connectivity index (χ0v) is 8.13. The normalized spacial score (nSPS) is 22.2. The highest BCUT2D eigenvalue weighted by molar-refractivity contribution is 6.29. The number of amides is 1. The Labute approximate surface area is 88.7 Å². The standard InChI is InChI=1S/C8H6ClF2N3O/c9-5-1-6(13-3-12-5)14-7(15)4-2-8(4,10)11/h1,3-4H,2H2,(H,12,13,14,15). The van der Waals surface area contributed by atoms with Crippen molar-refractivity contribution < 1.29 is 13.6 Å². The van der Waals surface area contributed by atoms with Crippen LogP contribution in [0.15, 0.2) is 12.4 Å². The van der Waals surface area contributed by atoms with Gasteiger partial charge in [0.25, 0.3) is 5.92 Å². The van der Waals surface area contributed by atoms with Crippen molar-refractivity contribution in [3.63, 3.8) is 0 Å². The fourth-order valence-electron chi connectivity index (χ4n) is 1.11. The molecule has 1 N–H and O–H groups in total. The predicted molar refractivity (Wildman–Crippen MR) is 48.7 cm³/mol. The second kappa shape index (κ2) is 3.37. The highest BCUT2D eigenvalue weighted by Crippen LogP contribution is 2.48. The van der Waals surface area contributed by atoms with E-state index in [0.717, 1.165) is 6.33 Å². The van der Waals surface area contributed by atoms with Crippen LogP contribution in [0.4, 0.5) is 14.6 Å². The maximum Gasteiger partial charge on any atom is 0.260 e. The number of alkyl halides is 2. The molecule has 80 valence electrons. The molecule has 1 amide bonds. The van der Waals surface area contributed by atoms with E-state index in [1.807, 2.05) is 0 Å². The fraction of sp³-hybridized carbons (Fsp3) is 0.375. The number of anilines is 1. The molecule has 1 aliphatic rings. The van der Waals surface area contributed by atoms with Crippen LogP contribution in [-0.2, 0) is 4.79 Å². The molecule has 15 heavy (non-hydrogen) atoms. The van der Waals surface area contributed by atoms with E-state index in [0.29, 0.717) is 0 Å². The van der Waals surface area contributed by atoms with Crippen LogP contribution in [0.5, 0.6) is 0 Å². The van der Waals surface area contributed by atoms with Crippen LogP contribution in [0.2, 0.25) is 5.15 Å². The molecule has 0 aromatic carbocycles. The Morgan fingerprint density at radius 3 is 2.80 bits per heavy atom. The third-order valence-corrected chi connectivity index (χ3v) is 2.23. The van der Waals surface area contributed by atoms with Crippen LogP contribution < -0.4 is 5.32 Å². The van der Waals surface area contributed by atoms with E-state index in [2.05, 4.69) is 15.3 Å². The molecule has 1 fully saturated rings. The van der Waals surface area contributed by atoms with Gasteiger partial charge in [0.15, 0.2) is 0 Å². The van der Waals surface area contributed by atoms with Gasteiger partial charge >= 0.3 is 0 Å². The van der Waals surface area contributed by atoms with E-state index >= 15 is 0 Å². The zero-order valence-electron chi connectivity index (χ0n) is 7.38. The molecule has 0 saturated heterocycles. The number of carbonyl (C=O) groups is 1. The second-order valence-corrected chi connectivity index (χ2v) is 3.62. The van der Waals surface area contributed by atoms with E-state index in [9.17, 15) is 13.6 Å². The van der Waals surface area contributed by atoms with Crippen molar-refractivity contribution in [1.82, 2.24) is 9.97 Å². The first kappa shape index (κ1) is 10.2. The lowest BCUT2D eigenvalue weighted by molar-refractivity contribution is -0.119. The molecule has 1 aliphatic carbocycles. The van der Waals surface area contributed by atoms with Crippen molar-refractivity contribution in [2.45, 2.75) is 12.3 Å². The average molecular weight is 234 g/mol. The monoisotopic (exact) mass is 233 g/mol. The van der Waals surface area contributed by atoms with Crippen molar-refractivity contribution in [1.29, 1.82) is 0 Å². The largest absolute Gasteiger partial charge is 0.310 e. The van der Waals surface area contributed by atoms with Crippen LogP contribution in [0.1, 0.15) is 6.42 Å². The van der Waals surface area contributed by atoms with Gasteiger partial charge in [0.2, 0.25) is 5.91 Å². The predicted octanol–water partition coefficient (Wildman–Crippen LogP) is 1.72. The fourth-order valence-corrected chi connectivity index (χ4v) is 1.26. The minimum Gasteiger partial charge on any atom is -0.310 e. The molecule has 1 unspecified atom stereocenters. The Balaban J connectivity index is 2.01. The quantitative estimate of drug-likeness (QED) is 0.792. The number of aromatic nitrogens is 2. The molecular formula is C8H6ClF2N3O. The molecule has 1 heterocycles. The maximum absolute atomic E-state index is 12.5. The summed E-state index contributed by atoms with van der Waals surface area (Å²) < 4.78 is 25.0. The van der Waals surface area contributed by atoms with Crippen molar-refractivity contribution in [2.24, 2.45) is 5.92 Å². The minimum atomic E-state index is -2.87. The lowest BCUT2D eigenvalue weighted by Gasteiger charge is -2.02. The van der Waals surface area contributed by atoms with Crippen molar-refractivity contribution in [2.75, 3.05) is 5.32 Å². The van der Waals surface area contributed by atoms with Crippen molar-refractivity contribution >= 4 is 23.3 Å². The van der Waals surface area contributed by atoms with Gasteiger partial charge in [-0.05, 0) is 0 Å². The van der Waals surface area contributed by atoms with Crippen molar-refractivity contribution in [3.8, 4) is 0 Å². The third-order valence-electron chi connectivity index (χ3n) is 2.03. The molecule has 1 aromatic heterocycles. The minimum absolute atomic E-state index is 0.127. The van der Waals surface area contributed by atoms with Gasteiger partial charge in [-0.3, -0.25) is 4.79 Å². The molecule has 1 saturated carbocycles. The van der Waals surface area contributed by atoms with Gasteiger partial charge < -0.3 is 5.32 Å². The topological polar surface area (TPSA) is 54.9 Å². The smallest absolute Gasteiger partial charge is 0.260 e. The summed E-state index contributed by atoms with van der Waals surface area (Å²) in [6, 6.07) is 1.29. The van der Waals surface area contributed by atoms with Crippen LogP contribution in [0, 0.1) is 5.92 Å². The Kier molecular flexibility index (Phi) is 2.30. The molecular weight excluding hydrogens is 228 g/mol. The van der Waals surface area contributed by atoms with E-state index < -0.39 is 24.2 Å². The summed E-state index contributed by atoms with van der Waals surface area (Å²) >= 11 is 5.53. The second-order valence-electron chi connectivity index (χ2n) is 3.23. The molecule has 2 rings (SSSR count). The lowest BCUT2D eigenvalue weighted by Crippen LogP contribution is -2.18. The Bertz CT molecular complexity index is 413. The number of rotatable bonds is 2. The molecule has 0 spiro atoms. The van der Waals surface area contributed by atoms with Crippen LogP contribution >= 0.6 is 11.6 Å². The number of hydrogen-bond acceptors (Lipinski definition) is 3. The number of hydrogen-bond donors (Lipinski definition) is 1. The number of halogens is 3. The van der Waals surface area contributed by atoms with Crippen LogP contribution in [0.25, 0.3) is 0 Å². The summed E-state index contributed by atoms with van der Waals surface area (Å²) in [5, 5.41) is 2.39. The van der Waals surface area contributed by atoms with E-state index in [1.54, 1.807) is 0 Å². The van der Waals surface area contributed by atoms with E-state index in [-0.39, 0.29) is 11.0 Å². The first-order valence-electron chi connectivity index (χ1n) is 4.15. The third kappa shape index (κ3) is 2.20. The van der Waals surface area contributed by atoms with Gasteiger partial charge in [0.05, 0.1) is 0 Å². The number of nitrogens with one attached hydrogen (secondary N) is 1. The summed E-state index contributed by atoms with van der Waals surface area (Å²) in [6.07, 6.45) is 0.737. The van der Waals surface area contributed by atoms with Crippen LogP contribution in [-0.4, -0.2) is 21.8 Å². The molecule has 1 aromatic rings. The molecule has 1 atom stereocenters. The highest BCUT2D eigenvalue weighted by Gasteiger charge is 2.61. The number of nitrogens with zero attached hydrogens (tertiary/aromatic N) is 2. The number of carbonyl (C=O) groups excluding carboxylic acids is 1. The van der Waals surface area contributed by atoms with Gasteiger partial charge in [0, 0.05) is 12.5 Å². The van der Waals surface area contributed by atoms with Crippen LogP contribution in [0.3, 0.4) is 0 Å². The van der Waals surface area contributed by atoms with Gasteiger partial charge in [-0.25, -0.2) is 18.7 Å². The summed E-state index contributed by atoms with van der Waals surface area (Å²) in [5.74, 6) is -4.73. The average Bonchev–Trinajstić information content (AvgIpc) is 2.75. The zero-order chi connectivity index (χ0) is 11.1. The Morgan fingerprint density at radius 2 is 2.27 bits per heavy atom. The molecule has 0 bridgehead atoms. The molecule has 0 aliphatic heterocycles. The van der Waals surface area contributed by atoms with E-state index in [1.165, 1.54) is 6.07 Å². The van der Waals surface area contributed by atoms with Gasteiger partial charge in [0.1, 0.15) is 23.2 Å². The summed E-state index contributed by atoms with van der Waals surface area (Å²) in [5.41, 5.74) is 0. The summed E-state index contributed by atoms with van der Waals surface area (Å²) in [6.45, 7) is 0. The van der Waals surface area contributed by atoms with Gasteiger partial charge in [-0.2, -0.15) is 0 Å². The first-order valence-corrected chi connectivity index (χ1v) is 4.53. The SMILES string of the molecule is O=C(Nc1cc(Cl)ncn1)C1CC1(F)F.